The fourth-order valence-corrected chi connectivity index (χ4v) is 10.3. The highest BCUT2D eigenvalue weighted by Gasteiger charge is 2.44. The number of hydrogen-bond acceptors (Lipinski definition) is 11. The van der Waals surface area contributed by atoms with Crippen molar-refractivity contribution >= 4 is 39.3 Å². The van der Waals surface area contributed by atoms with Gasteiger partial charge in [0.05, 0.1) is 42.0 Å². The predicted molar refractivity (Wildman–Crippen MR) is 227 cm³/mol. The van der Waals surface area contributed by atoms with E-state index in [-0.39, 0.29) is 78.6 Å². The maximum absolute atomic E-state index is 14.3. The SMILES string of the molecule is CO[C@H]([C@@H](C)C(=O)C[C@@H](Cc1ccc(O)cc1)C(=O)NS(=O)(=O)C1CC1)[C@@H]1CCCN1C(=O)C[C@@H](OC)[C@H](C(C)C)N(C)C(=O)[C@@H](CC(=O)[C@H](C(C)C)N(C)C)C(C)C. The second-order valence-electron chi connectivity index (χ2n) is 18.1. The number of ketones is 2. The molecule has 8 atom stereocenters. The molecule has 3 amide bonds. The standard InChI is InChI=1S/C44H72N4O10S/c1-26(2)34(24-37(51)40(27(3)4)46(8)9)44(54)47(10)41(28(5)6)38(57-11)25-39(52)48-21-13-14-35(48)42(58-12)29(7)36(50)23-31(22-30-15-17-32(49)18-16-30)43(53)45-59(55,56)33-19-20-33/h15-18,26-29,31,33-35,38,40-42,49H,13-14,19-25H2,1-12H3,(H,45,53)/t29-,31+,34-,35-,38+,40-,41-,42+/m0/s1. The van der Waals surface area contributed by atoms with Crippen LogP contribution in [0, 0.1) is 35.5 Å². The number of aromatic hydroxyl groups is 1. The van der Waals surface area contributed by atoms with Gasteiger partial charge >= 0.3 is 0 Å². The first-order valence-corrected chi connectivity index (χ1v) is 22.8. The molecule has 2 fully saturated rings. The number of likely N-dealkylation sites (tertiary alicyclic amines) is 1. The molecule has 1 aromatic rings. The van der Waals surface area contributed by atoms with E-state index in [0.717, 1.165) is 0 Å². The van der Waals surface area contributed by atoms with Gasteiger partial charge in [0, 0.05) is 58.4 Å². The summed E-state index contributed by atoms with van der Waals surface area (Å²) in [4.78, 5) is 74.8. The zero-order valence-electron chi connectivity index (χ0n) is 37.5. The Bertz CT molecular complexity index is 1690. The lowest BCUT2D eigenvalue weighted by molar-refractivity contribution is -0.149. The van der Waals surface area contributed by atoms with Gasteiger partial charge in [-0.15, -0.1) is 0 Å². The summed E-state index contributed by atoms with van der Waals surface area (Å²) in [6, 6.07) is 4.93. The van der Waals surface area contributed by atoms with Crippen molar-refractivity contribution in [3.63, 3.8) is 0 Å². The van der Waals surface area contributed by atoms with Crippen molar-refractivity contribution in [3.8, 4) is 5.75 Å². The van der Waals surface area contributed by atoms with Crippen molar-refractivity contribution in [2.75, 3.05) is 41.9 Å². The quantitative estimate of drug-likeness (QED) is 0.150. The Kier molecular flexibility index (Phi) is 18.6. The van der Waals surface area contributed by atoms with E-state index in [4.69, 9.17) is 9.47 Å². The summed E-state index contributed by atoms with van der Waals surface area (Å²) in [5.41, 5.74) is 0.653. The largest absolute Gasteiger partial charge is 0.508 e. The zero-order chi connectivity index (χ0) is 44.5. The third kappa shape index (κ3) is 13.3. The van der Waals surface area contributed by atoms with Gasteiger partial charge in [-0.05, 0) is 81.6 Å². The molecule has 59 heavy (non-hydrogen) atoms. The average Bonchev–Trinajstić information content (AvgIpc) is 3.92. The van der Waals surface area contributed by atoms with E-state index in [1.54, 1.807) is 35.9 Å². The molecule has 2 N–H and O–H groups in total. The van der Waals surface area contributed by atoms with Crippen molar-refractivity contribution in [1.29, 1.82) is 0 Å². The van der Waals surface area contributed by atoms with Crippen LogP contribution in [-0.4, -0.2) is 135 Å². The smallest absolute Gasteiger partial charge is 0.237 e. The lowest BCUT2D eigenvalue weighted by atomic mass is 9.84. The summed E-state index contributed by atoms with van der Waals surface area (Å²) in [6.45, 7) is 14.0. The molecule has 15 heteroatoms. The number of likely N-dealkylation sites (N-methyl/N-ethyl adjacent to an activating group) is 2. The number of hydrogen-bond donors (Lipinski definition) is 2. The first kappa shape index (κ1) is 50.0. The molecule has 14 nitrogen and oxygen atoms in total. The van der Waals surface area contributed by atoms with Crippen molar-refractivity contribution in [2.45, 2.75) is 135 Å². The van der Waals surface area contributed by atoms with E-state index in [2.05, 4.69) is 4.72 Å². The minimum atomic E-state index is -3.86. The monoisotopic (exact) mass is 848 g/mol. The molecule has 1 saturated carbocycles. The van der Waals surface area contributed by atoms with Gasteiger partial charge in [0.2, 0.25) is 27.7 Å². The van der Waals surface area contributed by atoms with Crippen LogP contribution in [0.25, 0.3) is 0 Å². The number of nitrogens with zero attached hydrogens (tertiary/aromatic N) is 3. The first-order chi connectivity index (χ1) is 27.6. The topological polar surface area (TPSA) is 180 Å². The first-order valence-electron chi connectivity index (χ1n) is 21.2. The van der Waals surface area contributed by atoms with E-state index in [0.29, 0.717) is 37.8 Å². The number of rotatable bonds is 24. The highest BCUT2D eigenvalue weighted by atomic mass is 32.2. The molecular formula is C44H72N4O10S. The van der Waals surface area contributed by atoms with Crippen molar-refractivity contribution in [1.82, 2.24) is 19.4 Å². The van der Waals surface area contributed by atoms with Gasteiger partial charge in [0.25, 0.3) is 0 Å². The molecule has 2 aliphatic rings. The Morgan fingerprint density at radius 3 is 1.93 bits per heavy atom. The second-order valence-corrected chi connectivity index (χ2v) is 20.0. The van der Waals surface area contributed by atoms with Crippen molar-refractivity contribution < 1.29 is 47.0 Å². The number of amides is 3. The third-order valence-corrected chi connectivity index (χ3v) is 14.1. The van der Waals surface area contributed by atoms with Crippen LogP contribution in [0.4, 0.5) is 0 Å². The number of carbonyl (C=O) groups is 5. The Balaban J connectivity index is 1.79. The van der Waals surface area contributed by atoms with Gasteiger partial charge < -0.3 is 24.4 Å². The number of methoxy groups -OCH3 is 2. The minimum Gasteiger partial charge on any atom is -0.508 e. The number of nitrogens with one attached hydrogen (secondary N) is 1. The molecule has 334 valence electrons. The number of carbonyl (C=O) groups excluding carboxylic acids is 5. The van der Waals surface area contributed by atoms with Crippen LogP contribution in [0.5, 0.6) is 5.75 Å². The summed E-state index contributed by atoms with van der Waals surface area (Å²) in [5.74, 6) is -3.82. The third-order valence-electron chi connectivity index (χ3n) is 12.3. The highest BCUT2D eigenvalue weighted by Crippen LogP contribution is 2.32. The average molecular weight is 849 g/mol. The summed E-state index contributed by atoms with van der Waals surface area (Å²) in [7, 11) is 4.62. The maximum Gasteiger partial charge on any atom is 0.237 e. The molecule has 1 saturated heterocycles. The van der Waals surface area contributed by atoms with Crippen LogP contribution >= 0.6 is 0 Å². The molecule has 1 aliphatic carbocycles. The zero-order valence-corrected chi connectivity index (χ0v) is 38.3. The Morgan fingerprint density at radius 1 is 0.831 bits per heavy atom. The van der Waals surface area contributed by atoms with E-state index in [1.807, 2.05) is 60.5 Å². The normalized spacial score (nSPS) is 19.7. The summed E-state index contributed by atoms with van der Waals surface area (Å²) >= 11 is 0. The lowest BCUT2D eigenvalue weighted by Crippen LogP contribution is -2.54. The van der Waals surface area contributed by atoms with Crippen molar-refractivity contribution in [2.24, 2.45) is 35.5 Å². The van der Waals surface area contributed by atoms with Crippen LogP contribution in [0.2, 0.25) is 0 Å². The maximum atomic E-state index is 14.3. The number of phenols is 1. The molecule has 1 aliphatic heterocycles. The molecular weight excluding hydrogens is 777 g/mol. The van der Waals surface area contributed by atoms with Gasteiger partial charge in [0.1, 0.15) is 11.5 Å². The minimum absolute atomic E-state index is 0.0168. The predicted octanol–water partition coefficient (Wildman–Crippen LogP) is 4.47. The number of phenolic OH excluding ortho intramolecular Hbond substituents is 1. The number of sulfonamides is 1. The molecule has 3 rings (SSSR count). The van der Waals surface area contributed by atoms with Gasteiger partial charge in [-0.2, -0.15) is 0 Å². The van der Waals surface area contributed by atoms with Gasteiger partial charge in [0.15, 0.2) is 5.78 Å². The van der Waals surface area contributed by atoms with Crippen LogP contribution in [0.1, 0.15) is 99.0 Å². The van der Waals surface area contributed by atoms with Crippen LogP contribution in [0.3, 0.4) is 0 Å². The fourth-order valence-electron chi connectivity index (χ4n) is 8.98. The molecule has 1 aromatic carbocycles. The second kappa shape index (κ2) is 21.9. The van der Waals surface area contributed by atoms with Gasteiger partial charge in [-0.25, -0.2) is 8.42 Å². The lowest BCUT2D eigenvalue weighted by Gasteiger charge is -2.40. The fraction of sp³-hybridized carbons (Fsp3) is 0.750. The van der Waals surface area contributed by atoms with E-state index >= 15 is 0 Å². The van der Waals surface area contributed by atoms with E-state index < -0.39 is 63.2 Å². The molecule has 1 heterocycles. The molecule has 0 bridgehead atoms. The Morgan fingerprint density at radius 2 is 1.44 bits per heavy atom. The number of Topliss-reactive ketones (excluding diaryl/α,β-unsaturated/α-hetero) is 2. The Labute approximate surface area is 353 Å². The summed E-state index contributed by atoms with van der Waals surface area (Å²) < 4.78 is 39.6. The number of benzene rings is 1. The van der Waals surface area contributed by atoms with E-state index in [9.17, 15) is 37.5 Å². The van der Waals surface area contributed by atoms with E-state index in [1.165, 1.54) is 26.4 Å². The molecule has 0 radical (unpaired) electrons. The van der Waals surface area contributed by atoms with Crippen LogP contribution in [0.15, 0.2) is 24.3 Å². The number of ether oxygens (including phenoxy) is 2. The highest BCUT2D eigenvalue weighted by molar-refractivity contribution is 7.90. The summed E-state index contributed by atoms with van der Waals surface area (Å²) in [5, 5.41) is 9.15. The molecule has 0 unspecified atom stereocenters. The van der Waals surface area contributed by atoms with Gasteiger partial charge in [-0.3, -0.25) is 33.6 Å². The van der Waals surface area contributed by atoms with Gasteiger partial charge in [-0.1, -0.05) is 60.6 Å². The molecule has 0 aromatic heterocycles. The Hall–Kier alpha value is -3.40. The van der Waals surface area contributed by atoms with Crippen LogP contribution < -0.4 is 4.72 Å². The summed E-state index contributed by atoms with van der Waals surface area (Å²) in [6.07, 6.45) is 0.722. The van der Waals surface area contributed by atoms with Crippen molar-refractivity contribution in [3.05, 3.63) is 29.8 Å². The molecule has 0 spiro atoms. The van der Waals surface area contributed by atoms with Crippen LogP contribution in [-0.2, 0) is 49.9 Å².